The van der Waals surface area contributed by atoms with E-state index in [4.69, 9.17) is 16.3 Å². The van der Waals surface area contributed by atoms with E-state index in [2.05, 4.69) is 20.3 Å². The van der Waals surface area contributed by atoms with Gasteiger partial charge in [0.25, 0.3) is 0 Å². The van der Waals surface area contributed by atoms with E-state index in [0.29, 0.717) is 35.4 Å². The summed E-state index contributed by atoms with van der Waals surface area (Å²) in [6.45, 7) is 4.10. The van der Waals surface area contributed by atoms with Crippen molar-refractivity contribution in [1.82, 2.24) is 15.0 Å². The van der Waals surface area contributed by atoms with Gasteiger partial charge in [-0.1, -0.05) is 41.9 Å². The zero-order chi connectivity index (χ0) is 20.4. The van der Waals surface area contributed by atoms with Crippen LogP contribution in [0.5, 0.6) is 5.75 Å². The molecule has 1 fully saturated rings. The molecule has 0 spiro atoms. The molecule has 3 aromatic rings. The molecule has 1 N–H and O–H groups in total. The number of amides is 1. The molecular weight excluding hydrogens is 388 g/mol. The lowest BCUT2D eigenvalue weighted by atomic mass is 9.93. The minimum atomic E-state index is -0.394. The molecule has 0 radical (unpaired) electrons. The van der Waals surface area contributed by atoms with Gasteiger partial charge in [0.05, 0.1) is 29.4 Å². The van der Waals surface area contributed by atoms with Crippen molar-refractivity contribution < 1.29 is 9.53 Å². The van der Waals surface area contributed by atoms with E-state index >= 15 is 0 Å². The minimum absolute atomic E-state index is 0.0795. The SMILES string of the molecule is Cc1ncc(OCC2(c3ccccc3)CC2C(=O)Nc2ccc(Cl)cn2)c(C)n1. The molecule has 1 aromatic carbocycles. The summed E-state index contributed by atoms with van der Waals surface area (Å²) in [6.07, 6.45) is 3.89. The van der Waals surface area contributed by atoms with Crippen LogP contribution >= 0.6 is 11.6 Å². The lowest BCUT2D eigenvalue weighted by molar-refractivity contribution is -0.117. The van der Waals surface area contributed by atoms with Crippen molar-refractivity contribution in [3.05, 3.63) is 77.0 Å². The number of ether oxygens (including phenoxy) is 1. The van der Waals surface area contributed by atoms with Crippen molar-refractivity contribution in [2.75, 3.05) is 11.9 Å². The highest BCUT2D eigenvalue weighted by Crippen LogP contribution is 2.55. The van der Waals surface area contributed by atoms with E-state index in [1.807, 2.05) is 44.2 Å². The molecule has 1 amide bonds. The van der Waals surface area contributed by atoms with Gasteiger partial charge >= 0.3 is 0 Å². The number of nitrogens with zero attached hydrogens (tertiary/aromatic N) is 3. The number of aryl methyl sites for hydroxylation is 2. The molecule has 1 saturated carbocycles. The first kappa shape index (κ1) is 19.3. The number of hydrogen-bond acceptors (Lipinski definition) is 5. The van der Waals surface area contributed by atoms with E-state index in [-0.39, 0.29) is 11.8 Å². The number of hydrogen-bond donors (Lipinski definition) is 1. The smallest absolute Gasteiger partial charge is 0.229 e. The quantitative estimate of drug-likeness (QED) is 0.664. The Kier molecular flexibility index (Phi) is 5.20. The largest absolute Gasteiger partial charge is 0.489 e. The van der Waals surface area contributed by atoms with Gasteiger partial charge in [-0.05, 0) is 38.0 Å². The summed E-state index contributed by atoms with van der Waals surface area (Å²) in [7, 11) is 0. The molecule has 2 unspecified atom stereocenters. The predicted octanol–water partition coefficient (Wildman–Crippen LogP) is 4.12. The highest BCUT2D eigenvalue weighted by molar-refractivity contribution is 6.30. The molecular formula is C22H21ClN4O2. The van der Waals surface area contributed by atoms with Gasteiger partial charge in [-0.15, -0.1) is 0 Å². The molecule has 6 nitrogen and oxygen atoms in total. The van der Waals surface area contributed by atoms with Gasteiger partial charge in [-0.3, -0.25) is 4.79 Å². The van der Waals surface area contributed by atoms with Crippen molar-refractivity contribution in [2.24, 2.45) is 5.92 Å². The average molecular weight is 409 g/mol. The second-order valence-corrected chi connectivity index (χ2v) is 7.72. The summed E-state index contributed by atoms with van der Waals surface area (Å²) in [5, 5.41) is 3.41. The van der Waals surface area contributed by atoms with Crippen LogP contribution in [0.1, 0.15) is 23.5 Å². The predicted molar refractivity (Wildman–Crippen MR) is 111 cm³/mol. The van der Waals surface area contributed by atoms with Gasteiger partial charge < -0.3 is 10.1 Å². The molecule has 2 aromatic heterocycles. The van der Waals surface area contributed by atoms with Gasteiger partial charge in [0.2, 0.25) is 5.91 Å². The van der Waals surface area contributed by atoms with Crippen LogP contribution in [0.2, 0.25) is 5.02 Å². The first-order chi connectivity index (χ1) is 14.0. The Bertz CT molecular complexity index is 1030. The molecule has 0 bridgehead atoms. The summed E-state index contributed by atoms with van der Waals surface area (Å²) >= 11 is 5.87. The van der Waals surface area contributed by atoms with E-state index in [0.717, 1.165) is 11.3 Å². The number of carbonyl (C=O) groups is 1. The Morgan fingerprint density at radius 1 is 1.17 bits per heavy atom. The van der Waals surface area contributed by atoms with Crippen LogP contribution in [-0.2, 0) is 10.2 Å². The van der Waals surface area contributed by atoms with Gasteiger partial charge in [-0.2, -0.15) is 0 Å². The van der Waals surface area contributed by atoms with Crippen molar-refractivity contribution in [3.8, 4) is 5.75 Å². The molecule has 29 heavy (non-hydrogen) atoms. The Labute approximate surface area is 174 Å². The Morgan fingerprint density at radius 3 is 2.66 bits per heavy atom. The second-order valence-electron chi connectivity index (χ2n) is 7.29. The lowest BCUT2D eigenvalue weighted by Crippen LogP contribution is -2.27. The lowest BCUT2D eigenvalue weighted by Gasteiger charge is -2.19. The van der Waals surface area contributed by atoms with Crippen LogP contribution in [0.3, 0.4) is 0 Å². The third-order valence-electron chi connectivity index (χ3n) is 5.26. The van der Waals surface area contributed by atoms with Crippen molar-refractivity contribution in [1.29, 1.82) is 0 Å². The first-order valence-corrected chi connectivity index (χ1v) is 9.77. The highest BCUT2D eigenvalue weighted by Gasteiger charge is 2.60. The number of nitrogens with one attached hydrogen (secondary N) is 1. The van der Waals surface area contributed by atoms with Crippen LogP contribution in [0, 0.1) is 19.8 Å². The number of benzene rings is 1. The summed E-state index contributed by atoms with van der Waals surface area (Å²) < 4.78 is 6.08. The number of rotatable bonds is 6. The maximum absolute atomic E-state index is 12.9. The van der Waals surface area contributed by atoms with E-state index in [1.54, 1.807) is 18.3 Å². The summed E-state index contributed by atoms with van der Waals surface area (Å²) in [5.74, 6) is 1.53. The fourth-order valence-electron chi connectivity index (χ4n) is 3.56. The Balaban J connectivity index is 1.53. The monoisotopic (exact) mass is 408 g/mol. The summed E-state index contributed by atoms with van der Waals surface area (Å²) in [4.78, 5) is 25.6. The van der Waals surface area contributed by atoms with Crippen molar-refractivity contribution >= 4 is 23.3 Å². The summed E-state index contributed by atoms with van der Waals surface area (Å²) in [5.41, 5.74) is 1.47. The molecule has 0 saturated heterocycles. The van der Waals surface area contributed by atoms with Crippen LogP contribution in [-0.4, -0.2) is 27.5 Å². The van der Waals surface area contributed by atoms with Gasteiger partial charge in [-0.25, -0.2) is 15.0 Å². The number of pyridine rings is 1. The molecule has 7 heteroatoms. The molecule has 2 atom stereocenters. The Hall–Kier alpha value is -2.99. The van der Waals surface area contributed by atoms with Crippen molar-refractivity contribution in [3.63, 3.8) is 0 Å². The minimum Gasteiger partial charge on any atom is -0.489 e. The third kappa shape index (κ3) is 4.07. The van der Waals surface area contributed by atoms with Crippen LogP contribution in [0.4, 0.5) is 5.82 Å². The van der Waals surface area contributed by atoms with E-state index < -0.39 is 5.41 Å². The second kappa shape index (κ2) is 7.79. The number of anilines is 1. The number of halogens is 1. The standard InChI is InChI=1S/C22H21ClN4O2/c1-14-19(12-24-15(2)26-14)29-13-22(16-6-4-3-5-7-16)10-18(22)21(28)27-20-9-8-17(23)11-25-20/h3-9,11-12,18H,10,13H2,1-2H3,(H,25,27,28). The first-order valence-electron chi connectivity index (χ1n) is 9.39. The normalized spacial score (nSPS) is 20.2. The van der Waals surface area contributed by atoms with Gasteiger partial charge in [0, 0.05) is 11.6 Å². The van der Waals surface area contributed by atoms with Gasteiger partial charge in [0.15, 0.2) is 5.75 Å². The molecule has 0 aliphatic heterocycles. The molecule has 4 rings (SSSR count). The average Bonchev–Trinajstić information content (AvgIpc) is 3.46. The third-order valence-corrected chi connectivity index (χ3v) is 5.48. The molecule has 1 aliphatic rings. The fourth-order valence-corrected chi connectivity index (χ4v) is 3.68. The van der Waals surface area contributed by atoms with Crippen molar-refractivity contribution in [2.45, 2.75) is 25.7 Å². The van der Waals surface area contributed by atoms with Gasteiger partial charge in [0.1, 0.15) is 11.6 Å². The van der Waals surface area contributed by atoms with E-state index in [9.17, 15) is 4.79 Å². The van der Waals surface area contributed by atoms with Crippen LogP contribution in [0.15, 0.2) is 54.9 Å². The van der Waals surface area contributed by atoms with E-state index in [1.165, 1.54) is 6.20 Å². The fraction of sp³-hybridized carbons (Fsp3) is 0.273. The molecule has 1 aliphatic carbocycles. The Morgan fingerprint density at radius 2 is 1.97 bits per heavy atom. The maximum Gasteiger partial charge on any atom is 0.229 e. The summed E-state index contributed by atoms with van der Waals surface area (Å²) in [6, 6.07) is 13.4. The zero-order valence-corrected chi connectivity index (χ0v) is 17.0. The maximum atomic E-state index is 12.9. The molecule has 148 valence electrons. The van der Waals surface area contributed by atoms with Crippen LogP contribution in [0.25, 0.3) is 0 Å². The van der Waals surface area contributed by atoms with Crippen LogP contribution < -0.4 is 10.1 Å². The molecule has 2 heterocycles. The topological polar surface area (TPSA) is 77.0 Å². The zero-order valence-electron chi connectivity index (χ0n) is 16.2. The number of carbonyl (C=O) groups excluding carboxylic acids is 1. The highest BCUT2D eigenvalue weighted by atomic mass is 35.5. The number of aromatic nitrogens is 3.